The summed E-state index contributed by atoms with van der Waals surface area (Å²) in [5, 5.41) is 9.29. The zero-order valence-electron chi connectivity index (χ0n) is 8.66. The molecule has 1 N–H and O–H groups in total. The number of hydrogen-bond donors (Lipinski definition) is 1. The van der Waals surface area contributed by atoms with Crippen LogP contribution in [0.5, 0.6) is 0 Å². The number of aliphatic hydroxyl groups excluding tert-OH is 1. The molecule has 0 atom stereocenters. The van der Waals surface area contributed by atoms with Crippen LogP contribution in [-0.2, 0) is 6.42 Å². The molecule has 1 aliphatic carbocycles. The monoisotopic (exact) mass is 198 g/mol. The molecule has 1 aromatic rings. The van der Waals surface area contributed by atoms with Crippen LogP contribution in [0.25, 0.3) is 5.57 Å². The van der Waals surface area contributed by atoms with Crippen LogP contribution >= 0.6 is 0 Å². The molecule has 0 saturated carbocycles. The van der Waals surface area contributed by atoms with E-state index >= 15 is 0 Å². The Balaban J connectivity index is 2.51. The molecule has 0 amide bonds. The highest BCUT2D eigenvalue weighted by atomic mass is 16.3. The van der Waals surface area contributed by atoms with Gasteiger partial charge in [0.2, 0.25) is 0 Å². The van der Waals surface area contributed by atoms with Gasteiger partial charge in [0.1, 0.15) is 0 Å². The second-order valence-electron chi connectivity index (χ2n) is 3.78. The summed E-state index contributed by atoms with van der Waals surface area (Å²) in [6.45, 7) is 0.130. The normalized spacial score (nSPS) is 14.7. The van der Waals surface area contributed by atoms with Crippen molar-refractivity contribution in [1.29, 1.82) is 0 Å². The molecule has 0 saturated heterocycles. The molecule has 0 spiro atoms. The van der Waals surface area contributed by atoms with E-state index in [0.717, 1.165) is 24.0 Å². The summed E-state index contributed by atoms with van der Waals surface area (Å²) < 4.78 is 0. The van der Waals surface area contributed by atoms with Crippen molar-refractivity contribution < 1.29 is 5.11 Å². The molecular weight excluding hydrogens is 184 g/mol. The highest BCUT2D eigenvalue weighted by Crippen LogP contribution is 2.32. The number of aliphatic hydroxyl groups is 1. The third-order valence-electron chi connectivity index (χ3n) is 2.94. The summed E-state index contributed by atoms with van der Waals surface area (Å²) in [7, 11) is 0. The summed E-state index contributed by atoms with van der Waals surface area (Å²) in [6.07, 6.45) is 7.93. The number of hydrogen-bond acceptors (Lipinski definition) is 1. The zero-order valence-corrected chi connectivity index (χ0v) is 8.66. The van der Waals surface area contributed by atoms with Gasteiger partial charge in [-0.2, -0.15) is 0 Å². The van der Waals surface area contributed by atoms with Gasteiger partial charge in [-0.15, -0.1) is 12.3 Å². The highest BCUT2D eigenvalue weighted by Gasteiger charge is 2.16. The highest BCUT2D eigenvalue weighted by molar-refractivity contribution is 5.74. The Hall–Kier alpha value is -1.52. The standard InChI is InChI=1S/C14H14O/c1-2-5-13-12(10-15)9-8-11-6-3-4-7-14(11)13/h1,3-4,6-7,15H,5,8-10H2. The lowest BCUT2D eigenvalue weighted by atomic mass is 9.84. The molecule has 15 heavy (non-hydrogen) atoms. The fraction of sp³-hybridized carbons (Fsp3) is 0.286. The second kappa shape index (κ2) is 4.33. The summed E-state index contributed by atoms with van der Waals surface area (Å²) in [5.74, 6) is 2.67. The van der Waals surface area contributed by atoms with Crippen LogP contribution in [0.2, 0.25) is 0 Å². The van der Waals surface area contributed by atoms with Crippen LogP contribution in [0, 0.1) is 12.3 Å². The van der Waals surface area contributed by atoms with Crippen LogP contribution in [0.15, 0.2) is 29.8 Å². The summed E-state index contributed by atoms with van der Waals surface area (Å²) in [5.41, 5.74) is 4.83. The van der Waals surface area contributed by atoms with E-state index in [4.69, 9.17) is 6.42 Å². The minimum atomic E-state index is 0.130. The first kappa shape index (κ1) is 10.0. The van der Waals surface area contributed by atoms with Crippen molar-refractivity contribution >= 4 is 5.57 Å². The molecule has 0 unspecified atom stereocenters. The van der Waals surface area contributed by atoms with E-state index in [1.165, 1.54) is 11.1 Å². The van der Waals surface area contributed by atoms with E-state index in [2.05, 4.69) is 24.1 Å². The molecule has 1 nitrogen and oxygen atoms in total. The Bertz CT molecular complexity index is 435. The Morgan fingerprint density at radius 2 is 2.07 bits per heavy atom. The van der Waals surface area contributed by atoms with Gasteiger partial charge in [-0.05, 0) is 35.1 Å². The molecule has 1 aliphatic rings. The van der Waals surface area contributed by atoms with Crippen LogP contribution < -0.4 is 0 Å². The first-order chi connectivity index (χ1) is 7.36. The fourth-order valence-electron chi connectivity index (χ4n) is 2.16. The maximum Gasteiger partial charge on any atom is 0.0648 e. The summed E-state index contributed by atoms with van der Waals surface area (Å²) in [4.78, 5) is 0. The summed E-state index contributed by atoms with van der Waals surface area (Å²) >= 11 is 0. The van der Waals surface area contributed by atoms with Gasteiger partial charge >= 0.3 is 0 Å². The Labute approximate surface area is 90.4 Å². The van der Waals surface area contributed by atoms with E-state index < -0.39 is 0 Å². The van der Waals surface area contributed by atoms with Gasteiger partial charge in [0.15, 0.2) is 0 Å². The number of terminal acetylenes is 1. The fourth-order valence-corrected chi connectivity index (χ4v) is 2.16. The van der Waals surface area contributed by atoms with E-state index in [1.807, 2.05) is 6.07 Å². The molecule has 0 radical (unpaired) electrons. The van der Waals surface area contributed by atoms with Gasteiger partial charge in [-0.25, -0.2) is 0 Å². The first-order valence-electron chi connectivity index (χ1n) is 5.20. The van der Waals surface area contributed by atoms with Crippen LogP contribution in [0.4, 0.5) is 0 Å². The first-order valence-corrected chi connectivity index (χ1v) is 5.20. The van der Waals surface area contributed by atoms with Crippen molar-refractivity contribution in [3.05, 3.63) is 41.0 Å². The van der Waals surface area contributed by atoms with Crippen LogP contribution in [0.1, 0.15) is 24.0 Å². The number of aryl methyl sites for hydroxylation is 1. The quantitative estimate of drug-likeness (QED) is 0.723. The van der Waals surface area contributed by atoms with Gasteiger partial charge in [0.25, 0.3) is 0 Å². The lowest BCUT2D eigenvalue weighted by molar-refractivity contribution is 0.326. The third-order valence-corrected chi connectivity index (χ3v) is 2.94. The molecule has 0 heterocycles. The molecule has 0 aliphatic heterocycles. The van der Waals surface area contributed by atoms with Crippen molar-refractivity contribution in [3.8, 4) is 12.3 Å². The number of fused-ring (bicyclic) bond motifs is 1. The SMILES string of the molecule is C#CCC1=C(CO)CCc2ccccc21. The Morgan fingerprint density at radius 1 is 1.27 bits per heavy atom. The molecule has 2 rings (SSSR count). The third kappa shape index (κ3) is 1.82. The second-order valence-corrected chi connectivity index (χ2v) is 3.78. The van der Waals surface area contributed by atoms with Gasteiger partial charge < -0.3 is 5.11 Å². The average molecular weight is 198 g/mol. The zero-order chi connectivity index (χ0) is 10.7. The minimum absolute atomic E-state index is 0.130. The van der Waals surface area contributed by atoms with Gasteiger partial charge in [0, 0.05) is 6.42 Å². The van der Waals surface area contributed by atoms with Crippen molar-refractivity contribution in [2.45, 2.75) is 19.3 Å². The maximum atomic E-state index is 9.29. The molecule has 1 aromatic carbocycles. The molecule has 0 bridgehead atoms. The lowest BCUT2D eigenvalue weighted by Gasteiger charge is -2.21. The lowest BCUT2D eigenvalue weighted by Crippen LogP contribution is -2.07. The van der Waals surface area contributed by atoms with E-state index in [0.29, 0.717) is 6.42 Å². The van der Waals surface area contributed by atoms with Gasteiger partial charge in [-0.3, -0.25) is 0 Å². The average Bonchev–Trinajstić information content (AvgIpc) is 2.30. The minimum Gasteiger partial charge on any atom is -0.392 e. The van der Waals surface area contributed by atoms with E-state index in [9.17, 15) is 5.11 Å². The molecule has 0 aromatic heterocycles. The Morgan fingerprint density at radius 3 is 2.80 bits per heavy atom. The topological polar surface area (TPSA) is 20.2 Å². The molecule has 1 heteroatoms. The number of allylic oxidation sites excluding steroid dienone is 1. The van der Waals surface area contributed by atoms with Crippen molar-refractivity contribution in [3.63, 3.8) is 0 Å². The van der Waals surface area contributed by atoms with Gasteiger partial charge in [-0.1, -0.05) is 24.3 Å². The van der Waals surface area contributed by atoms with Crippen LogP contribution in [-0.4, -0.2) is 11.7 Å². The molecule has 76 valence electrons. The smallest absolute Gasteiger partial charge is 0.0648 e. The Kier molecular flexibility index (Phi) is 2.89. The summed E-state index contributed by atoms with van der Waals surface area (Å²) in [6, 6.07) is 8.31. The van der Waals surface area contributed by atoms with Crippen molar-refractivity contribution in [1.82, 2.24) is 0 Å². The van der Waals surface area contributed by atoms with Crippen molar-refractivity contribution in [2.75, 3.05) is 6.61 Å². The molecule has 0 fully saturated rings. The van der Waals surface area contributed by atoms with Crippen molar-refractivity contribution in [2.24, 2.45) is 0 Å². The maximum absolute atomic E-state index is 9.29. The van der Waals surface area contributed by atoms with E-state index in [-0.39, 0.29) is 6.61 Å². The number of benzene rings is 1. The molecular formula is C14H14O. The number of rotatable bonds is 2. The largest absolute Gasteiger partial charge is 0.392 e. The predicted molar refractivity (Wildman–Crippen MR) is 62.2 cm³/mol. The van der Waals surface area contributed by atoms with E-state index in [1.54, 1.807) is 0 Å². The van der Waals surface area contributed by atoms with Gasteiger partial charge in [0.05, 0.1) is 6.61 Å². The van der Waals surface area contributed by atoms with Crippen LogP contribution in [0.3, 0.4) is 0 Å². The predicted octanol–water partition coefficient (Wildman–Crippen LogP) is 2.40.